The second-order valence-electron chi connectivity index (χ2n) is 3.97. The van der Waals surface area contributed by atoms with Gasteiger partial charge in [0.05, 0.1) is 16.9 Å². The fourth-order valence-electron chi connectivity index (χ4n) is 1.76. The summed E-state index contributed by atoms with van der Waals surface area (Å²) in [5, 5.41) is 12.1. The SMILES string of the molecule is CCSc1cccc(Nc2ccc(F)cc2F)c1C#N. The Morgan fingerprint density at radius 3 is 2.65 bits per heavy atom. The smallest absolute Gasteiger partial charge is 0.149 e. The number of thioether (sulfide) groups is 1. The minimum Gasteiger partial charge on any atom is -0.352 e. The Labute approximate surface area is 120 Å². The highest BCUT2D eigenvalue weighted by atomic mass is 32.2. The van der Waals surface area contributed by atoms with Crippen LogP contribution in [0.1, 0.15) is 12.5 Å². The summed E-state index contributed by atoms with van der Waals surface area (Å²) in [7, 11) is 0. The molecule has 0 heterocycles. The van der Waals surface area contributed by atoms with E-state index in [0.29, 0.717) is 11.3 Å². The third-order valence-corrected chi connectivity index (χ3v) is 3.58. The summed E-state index contributed by atoms with van der Waals surface area (Å²) in [5.41, 5.74) is 1.11. The summed E-state index contributed by atoms with van der Waals surface area (Å²) in [6.07, 6.45) is 0. The average Bonchev–Trinajstić information content (AvgIpc) is 2.42. The average molecular weight is 290 g/mol. The molecule has 2 aromatic carbocycles. The molecule has 0 radical (unpaired) electrons. The summed E-state index contributed by atoms with van der Waals surface area (Å²) in [5.74, 6) is -0.491. The van der Waals surface area contributed by atoms with Gasteiger partial charge in [0.15, 0.2) is 0 Å². The molecule has 0 saturated heterocycles. The standard InChI is InChI=1S/C15H12F2N2S/c1-2-20-15-5-3-4-13(11(15)9-18)19-14-7-6-10(16)8-12(14)17/h3-8,19H,2H2,1H3. The summed E-state index contributed by atoms with van der Waals surface area (Å²) >= 11 is 1.54. The van der Waals surface area contributed by atoms with E-state index in [0.717, 1.165) is 16.7 Å². The van der Waals surface area contributed by atoms with E-state index in [1.807, 2.05) is 13.0 Å². The van der Waals surface area contributed by atoms with Crippen molar-refractivity contribution in [3.8, 4) is 6.07 Å². The van der Waals surface area contributed by atoms with Crippen LogP contribution in [-0.2, 0) is 0 Å². The molecule has 0 aliphatic carbocycles. The molecule has 1 N–H and O–H groups in total. The zero-order valence-electron chi connectivity index (χ0n) is 10.8. The molecule has 0 atom stereocenters. The van der Waals surface area contributed by atoms with Gasteiger partial charge in [0.1, 0.15) is 17.7 Å². The summed E-state index contributed by atoms with van der Waals surface area (Å²) in [6, 6.07) is 10.7. The van der Waals surface area contributed by atoms with Crippen LogP contribution in [0.2, 0.25) is 0 Å². The maximum absolute atomic E-state index is 13.6. The van der Waals surface area contributed by atoms with Crippen molar-refractivity contribution in [3.05, 3.63) is 53.6 Å². The molecule has 2 nitrogen and oxygen atoms in total. The Balaban J connectivity index is 2.38. The van der Waals surface area contributed by atoms with Crippen LogP contribution >= 0.6 is 11.8 Å². The van der Waals surface area contributed by atoms with Crippen molar-refractivity contribution in [2.75, 3.05) is 11.1 Å². The second kappa shape index (κ2) is 6.40. The Bertz CT molecular complexity index is 665. The molecule has 0 aromatic heterocycles. The second-order valence-corrected chi connectivity index (χ2v) is 5.28. The molecule has 0 unspecified atom stereocenters. The molecule has 0 bridgehead atoms. The zero-order chi connectivity index (χ0) is 14.5. The highest BCUT2D eigenvalue weighted by Gasteiger charge is 2.10. The van der Waals surface area contributed by atoms with E-state index in [1.54, 1.807) is 23.9 Å². The molecule has 0 aliphatic heterocycles. The molecule has 5 heteroatoms. The number of nitrogens with zero attached hydrogens (tertiary/aromatic N) is 1. The van der Waals surface area contributed by atoms with Crippen molar-refractivity contribution in [1.82, 2.24) is 0 Å². The van der Waals surface area contributed by atoms with Crippen molar-refractivity contribution < 1.29 is 8.78 Å². The van der Waals surface area contributed by atoms with Crippen molar-refractivity contribution >= 4 is 23.1 Å². The van der Waals surface area contributed by atoms with Crippen LogP contribution in [0, 0.1) is 23.0 Å². The minimum atomic E-state index is -0.692. The van der Waals surface area contributed by atoms with Gasteiger partial charge in [-0.1, -0.05) is 13.0 Å². The first-order valence-electron chi connectivity index (χ1n) is 6.03. The molecule has 0 amide bonds. The van der Waals surface area contributed by atoms with Crippen LogP contribution < -0.4 is 5.32 Å². The molecule has 2 rings (SSSR count). The fourth-order valence-corrected chi connectivity index (χ4v) is 2.55. The van der Waals surface area contributed by atoms with E-state index >= 15 is 0 Å². The van der Waals surface area contributed by atoms with Gasteiger partial charge in [-0.05, 0) is 30.0 Å². The van der Waals surface area contributed by atoms with Crippen molar-refractivity contribution in [2.45, 2.75) is 11.8 Å². The maximum Gasteiger partial charge on any atom is 0.149 e. The molecule has 2 aromatic rings. The normalized spacial score (nSPS) is 10.1. The first-order valence-corrected chi connectivity index (χ1v) is 7.02. The van der Waals surface area contributed by atoms with Crippen LogP contribution in [0.5, 0.6) is 0 Å². The van der Waals surface area contributed by atoms with Crippen LogP contribution in [0.25, 0.3) is 0 Å². The van der Waals surface area contributed by atoms with E-state index in [1.165, 1.54) is 12.1 Å². The van der Waals surface area contributed by atoms with Gasteiger partial charge in [0, 0.05) is 11.0 Å². The molecular formula is C15H12F2N2S. The Kier molecular flexibility index (Phi) is 4.59. The largest absolute Gasteiger partial charge is 0.352 e. The predicted molar refractivity (Wildman–Crippen MR) is 77.2 cm³/mol. The molecule has 0 spiro atoms. The van der Waals surface area contributed by atoms with Gasteiger partial charge in [-0.3, -0.25) is 0 Å². The van der Waals surface area contributed by atoms with Gasteiger partial charge in [0.25, 0.3) is 0 Å². The van der Waals surface area contributed by atoms with Crippen LogP contribution in [-0.4, -0.2) is 5.75 Å². The molecule has 0 fully saturated rings. The topological polar surface area (TPSA) is 35.8 Å². The maximum atomic E-state index is 13.6. The van der Waals surface area contributed by atoms with E-state index in [2.05, 4.69) is 11.4 Å². The van der Waals surface area contributed by atoms with Crippen molar-refractivity contribution in [1.29, 1.82) is 5.26 Å². The van der Waals surface area contributed by atoms with E-state index in [4.69, 9.17) is 0 Å². The number of benzene rings is 2. The highest BCUT2D eigenvalue weighted by Crippen LogP contribution is 2.30. The van der Waals surface area contributed by atoms with Gasteiger partial charge in [-0.2, -0.15) is 5.26 Å². The number of nitriles is 1. The fraction of sp³-hybridized carbons (Fsp3) is 0.133. The minimum absolute atomic E-state index is 0.140. The lowest BCUT2D eigenvalue weighted by Gasteiger charge is -2.11. The number of anilines is 2. The Morgan fingerprint density at radius 1 is 1.20 bits per heavy atom. The number of halogens is 2. The molecule has 0 aliphatic rings. The van der Waals surface area contributed by atoms with Gasteiger partial charge < -0.3 is 5.32 Å². The van der Waals surface area contributed by atoms with Gasteiger partial charge in [0.2, 0.25) is 0 Å². The Hall–Kier alpha value is -2.06. The predicted octanol–water partition coefficient (Wildman–Crippen LogP) is 4.69. The first kappa shape index (κ1) is 14.4. The van der Waals surface area contributed by atoms with Gasteiger partial charge in [-0.15, -0.1) is 11.8 Å². The zero-order valence-corrected chi connectivity index (χ0v) is 11.6. The third-order valence-electron chi connectivity index (χ3n) is 2.64. The monoisotopic (exact) mass is 290 g/mol. The summed E-state index contributed by atoms with van der Waals surface area (Å²) < 4.78 is 26.5. The molecule has 0 saturated carbocycles. The molecular weight excluding hydrogens is 278 g/mol. The quantitative estimate of drug-likeness (QED) is 0.830. The van der Waals surface area contributed by atoms with E-state index in [9.17, 15) is 14.0 Å². The molecule has 102 valence electrons. The Morgan fingerprint density at radius 2 is 2.00 bits per heavy atom. The van der Waals surface area contributed by atoms with Crippen LogP contribution in [0.15, 0.2) is 41.3 Å². The van der Waals surface area contributed by atoms with E-state index < -0.39 is 11.6 Å². The molecule has 20 heavy (non-hydrogen) atoms. The van der Waals surface area contributed by atoms with Crippen molar-refractivity contribution in [2.24, 2.45) is 0 Å². The lowest BCUT2D eigenvalue weighted by molar-refractivity contribution is 0.586. The lowest BCUT2D eigenvalue weighted by Crippen LogP contribution is -1.98. The highest BCUT2D eigenvalue weighted by molar-refractivity contribution is 7.99. The van der Waals surface area contributed by atoms with E-state index in [-0.39, 0.29) is 5.69 Å². The summed E-state index contributed by atoms with van der Waals surface area (Å²) in [4.78, 5) is 0.836. The van der Waals surface area contributed by atoms with Crippen molar-refractivity contribution in [3.63, 3.8) is 0 Å². The number of nitrogens with one attached hydrogen (secondary N) is 1. The number of hydrogen-bond donors (Lipinski definition) is 1. The van der Waals surface area contributed by atoms with Gasteiger partial charge in [-0.25, -0.2) is 8.78 Å². The van der Waals surface area contributed by atoms with Crippen LogP contribution in [0.4, 0.5) is 20.2 Å². The summed E-state index contributed by atoms with van der Waals surface area (Å²) in [6.45, 7) is 1.99. The third kappa shape index (κ3) is 3.09. The van der Waals surface area contributed by atoms with Crippen LogP contribution in [0.3, 0.4) is 0 Å². The number of hydrogen-bond acceptors (Lipinski definition) is 3. The number of rotatable bonds is 4. The van der Waals surface area contributed by atoms with Gasteiger partial charge >= 0.3 is 0 Å². The first-order chi connectivity index (χ1) is 9.65. The lowest BCUT2D eigenvalue weighted by atomic mass is 10.2.